The highest BCUT2D eigenvalue weighted by molar-refractivity contribution is 9.11. The number of nitrogens with one attached hydrogen (secondary N) is 1. The molecule has 0 saturated carbocycles. The first kappa shape index (κ1) is 12.3. The Kier molecular flexibility index (Phi) is 3.63. The van der Waals surface area contributed by atoms with Crippen molar-refractivity contribution in [3.8, 4) is 0 Å². The van der Waals surface area contributed by atoms with Gasteiger partial charge in [0, 0.05) is 19.0 Å². The Labute approximate surface area is 110 Å². The van der Waals surface area contributed by atoms with Crippen LogP contribution < -0.4 is 5.32 Å². The zero-order valence-electron chi connectivity index (χ0n) is 8.72. The maximum Gasteiger partial charge on any atom is 0.323 e. The molecule has 1 saturated heterocycles. The number of halogens is 1. The third-order valence-corrected chi connectivity index (χ3v) is 3.79. The molecule has 0 radical (unpaired) electrons. The number of hydrogen-bond donors (Lipinski definition) is 2. The topological polar surface area (TPSA) is 82.5 Å². The van der Waals surface area contributed by atoms with E-state index in [2.05, 4.69) is 26.2 Å². The van der Waals surface area contributed by atoms with E-state index in [1.54, 1.807) is 11.1 Å². The first-order chi connectivity index (χ1) is 8.04. The molecular formula is C9H10BrN3O3S. The molecule has 17 heavy (non-hydrogen) atoms. The maximum absolute atomic E-state index is 11.7. The Balaban J connectivity index is 1.78. The normalized spacial score (nSPS) is 15.5. The van der Waals surface area contributed by atoms with E-state index in [4.69, 9.17) is 5.11 Å². The number of anilines is 1. The Morgan fingerprint density at radius 2 is 2.35 bits per heavy atom. The van der Waals surface area contributed by atoms with Crippen molar-refractivity contribution < 1.29 is 14.7 Å². The van der Waals surface area contributed by atoms with Gasteiger partial charge in [-0.2, -0.15) is 0 Å². The number of urea groups is 1. The number of nitrogens with zero attached hydrogens (tertiary/aromatic N) is 2. The molecule has 0 atom stereocenters. The number of carbonyl (C=O) groups is 2. The molecule has 0 aromatic carbocycles. The van der Waals surface area contributed by atoms with Crippen LogP contribution in [0.15, 0.2) is 9.98 Å². The standard InChI is InChI=1S/C9H10BrN3O3S/c10-6-2-11-8(17-6)12-9(16)13-3-5(4-13)1-7(14)15/h2,5H,1,3-4H2,(H,14,15)(H,11,12,16). The summed E-state index contributed by atoms with van der Waals surface area (Å²) in [4.78, 5) is 27.6. The van der Waals surface area contributed by atoms with Crippen LogP contribution in [0.25, 0.3) is 0 Å². The highest BCUT2D eigenvalue weighted by atomic mass is 79.9. The number of carboxylic acids is 1. The zero-order chi connectivity index (χ0) is 12.4. The molecule has 1 aromatic heterocycles. The number of aromatic nitrogens is 1. The SMILES string of the molecule is O=C(O)CC1CN(C(=O)Nc2ncc(Br)s2)C1. The van der Waals surface area contributed by atoms with Crippen LogP contribution in [-0.2, 0) is 4.79 Å². The van der Waals surface area contributed by atoms with Crippen molar-refractivity contribution >= 4 is 44.4 Å². The average Bonchev–Trinajstić information content (AvgIpc) is 2.56. The molecule has 8 heteroatoms. The van der Waals surface area contributed by atoms with Crippen molar-refractivity contribution in [2.45, 2.75) is 6.42 Å². The molecule has 0 unspecified atom stereocenters. The van der Waals surface area contributed by atoms with Gasteiger partial charge in [-0.05, 0) is 15.9 Å². The highest BCUT2D eigenvalue weighted by Gasteiger charge is 2.32. The predicted octanol–water partition coefficient (Wildman–Crippen LogP) is 1.84. The number of carbonyl (C=O) groups excluding carboxylic acids is 1. The number of aliphatic carboxylic acids is 1. The molecule has 2 heterocycles. The van der Waals surface area contributed by atoms with Crippen molar-refractivity contribution in [2.24, 2.45) is 5.92 Å². The number of hydrogen-bond acceptors (Lipinski definition) is 4. The third-order valence-electron chi connectivity index (χ3n) is 2.40. The Hall–Kier alpha value is -1.15. The Bertz CT molecular complexity index is 444. The van der Waals surface area contributed by atoms with E-state index >= 15 is 0 Å². The molecule has 0 bridgehead atoms. The maximum atomic E-state index is 11.7. The van der Waals surface area contributed by atoms with Crippen molar-refractivity contribution in [2.75, 3.05) is 18.4 Å². The number of thiazole rings is 1. The van der Waals surface area contributed by atoms with Crippen molar-refractivity contribution in [3.63, 3.8) is 0 Å². The van der Waals surface area contributed by atoms with Gasteiger partial charge in [-0.1, -0.05) is 11.3 Å². The first-order valence-electron chi connectivity index (χ1n) is 4.93. The molecule has 2 rings (SSSR count). The van der Waals surface area contributed by atoms with Crippen molar-refractivity contribution in [1.29, 1.82) is 0 Å². The molecule has 2 N–H and O–H groups in total. The monoisotopic (exact) mass is 319 g/mol. The van der Waals surface area contributed by atoms with E-state index in [1.807, 2.05) is 0 Å². The van der Waals surface area contributed by atoms with Crippen molar-refractivity contribution in [1.82, 2.24) is 9.88 Å². The van der Waals surface area contributed by atoms with E-state index in [0.29, 0.717) is 18.2 Å². The smallest absolute Gasteiger partial charge is 0.323 e. The first-order valence-corrected chi connectivity index (χ1v) is 6.54. The highest BCUT2D eigenvalue weighted by Crippen LogP contribution is 2.25. The zero-order valence-corrected chi connectivity index (χ0v) is 11.1. The molecule has 1 aliphatic heterocycles. The second kappa shape index (κ2) is 5.01. The molecule has 6 nitrogen and oxygen atoms in total. The molecule has 1 aliphatic rings. The van der Waals surface area contributed by atoms with Gasteiger partial charge in [0.25, 0.3) is 0 Å². The van der Waals surface area contributed by atoms with Gasteiger partial charge >= 0.3 is 12.0 Å². The van der Waals surface area contributed by atoms with Crippen molar-refractivity contribution in [3.05, 3.63) is 9.98 Å². The summed E-state index contributed by atoms with van der Waals surface area (Å²) in [5.74, 6) is -0.750. The summed E-state index contributed by atoms with van der Waals surface area (Å²) < 4.78 is 0.847. The van der Waals surface area contributed by atoms with Gasteiger partial charge in [0.1, 0.15) is 0 Å². The van der Waals surface area contributed by atoms with Crippen LogP contribution >= 0.6 is 27.3 Å². The van der Waals surface area contributed by atoms with E-state index < -0.39 is 5.97 Å². The van der Waals surface area contributed by atoms with Crippen LogP contribution in [0, 0.1) is 5.92 Å². The largest absolute Gasteiger partial charge is 0.481 e. The van der Waals surface area contributed by atoms with Gasteiger partial charge < -0.3 is 10.0 Å². The van der Waals surface area contributed by atoms with Crippen LogP contribution in [0.2, 0.25) is 0 Å². The second-order valence-electron chi connectivity index (χ2n) is 3.77. The summed E-state index contributed by atoms with van der Waals surface area (Å²) in [6, 6.07) is -0.228. The van der Waals surface area contributed by atoms with E-state index in [-0.39, 0.29) is 18.4 Å². The minimum absolute atomic E-state index is 0.0706. The lowest BCUT2D eigenvalue weighted by molar-refractivity contribution is -0.139. The molecule has 0 spiro atoms. The van der Waals surface area contributed by atoms with Crippen LogP contribution in [0.5, 0.6) is 0 Å². The summed E-state index contributed by atoms with van der Waals surface area (Å²) in [5.41, 5.74) is 0. The lowest BCUT2D eigenvalue weighted by atomic mass is 9.97. The summed E-state index contributed by atoms with van der Waals surface area (Å²) in [7, 11) is 0. The summed E-state index contributed by atoms with van der Waals surface area (Å²) in [5, 5.41) is 11.8. The molecule has 1 fully saturated rings. The number of likely N-dealkylation sites (tertiary alicyclic amines) is 1. The number of rotatable bonds is 3. The predicted molar refractivity (Wildman–Crippen MR) is 66.1 cm³/mol. The van der Waals surface area contributed by atoms with Crippen LogP contribution in [-0.4, -0.2) is 40.1 Å². The molecule has 2 amide bonds. The summed E-state index contributed by atoms with van der Waals surface area (Å²) in [6.45, 7) is 0.982. The third kappa shape index (κ3) is 3.16. The molecular weight excluding hydrogens is 310 g/mol. The van der Waals surface area contributed by atoms with Gasteiger partial charge in [-0.3, -0.25) is 10.1 Å². The number of amides is 2. The summed E-state index contributed by atoms with van der Waals surface area (Å²) in [6.07, 6.45) is 1.73. The fourth-order valence-electron chi connectivity index (χ4n) is 1.59. The quantitative estimate of drug-likeness (QED) is 0.890. The molecule has 0 aliphatic carbocycles. The lowest BCUT2D eigenvalue weighted by Gasteiger charge is -2.38. The number of carboxylic acid groups (broad SMARTS) is 1. The molecule has 92 valence electrons. The van der Waals surface area contributed by atoms with Gasteiger partial charge in [-0.25, -0.2) is 9.78 Å². The van der Waals surface area contributed by atoms with Gasteiger partial charge in [0.15, 0.2) is 5.13 Å². The average molecular weight is 320 g/mol. The minimum atomic E-state index is -0.820. The second-order valence-corrected chi connectivity index (χ2v) is 6.18. The minimum Gasteiger partial charge on any atom is -0.481 e. The van der Waals surface area contributed by atoms with Gasteiger partial charge in [0.2, 0.25) is 0 Å². The van der Waals surface area contributed by atoms with E-state index in [1.165, 1.54) is 11.3 Å². The fraction of sp³-hybridized carbons (Fsp3) is 0.444. The lowest BCUT2D eigenvalue weighted by Crippen LogP contribution is -2.52. The summed E-state index contributed by atoms with van der Waals surface area (Å²) >= 11 is 4.59. The van der Waals surface area contributed by atoms with E-state index in [9.17, 15) is 9.59 Å². The van der Waals surface area contributed by atoms with Crippen LogP contribution in [0.4, 0.5) is 9.93 Å². The van der Waals surface area contributed by atoms with Gasteiger partial charge in [0.05, 0.1) is 16.4 Å². The Morgan fingerprint density at radius 3 is 2.88 bits per heavy atom. The Morgan fingerprint density at radius 1 is 1.65 bits per heavy atom. The van der Waals surface area contributed by atoms with E-state index in [0.717, 1.165) is 3.79 Å². The van der Waals surface area contributed by atoms with Crippen LogP contribution in [0.1, 0.15) is 6.42 Å². The van der Waals surface area contributed by atoms with Crippen LogP contribution in [0.3, 0.4) is 0 Å². The molecule has 1 aromatic rings. The fourth-order valence-corrected chi connectivity index (χ4v) is 2.69. The van der Waals surface area contributed by atoms with Gasteiger partial charge in [-0.15, -0.1) is 0 Å².